The lowest BCUT2D eigenvalue weighted by molar-refractivity contribution is 0.835. The van der Waals surface area contributed by atoms with Gasteiger partial charge in [-0.15, -0.1) is 5.69 Å². The Kier molecular flexibility index (Phi) is 4.79. The maximum absolute atomic E-state index is 7.92. The molecule has 0 aromatic heterocycles. The third kappa shape index (κ3) is 3.52. The summed E-state index contributed by atoms with van der Waals surface area (Å²) in [6.07, 6.45) is 1.81. The fraction of sp³-hybridized carbons (Fsp3) is 0.316. The normalized spacial score (nSPS) is 11.7. The molecule has 110 valence electrons. The van der Waals surface area contributed by atoms with Crippen LogP contribution in [-0.2, 0) is 0 Å². The Bertz CT molecular complexity index is 614. The molecule has 0 aliphatic rings. The van der Waals surface area contributed by atoms with E-state index in [2.05, 4.69) is 45.9 Å². The van der Waals surface area contributed by atoms with Crippen molar-refractivity contribution >= 4 is 17.6 Å². The lowest BCUT2D eigenvalue weighted by atomic mass is 9.93. The number of aliphatic imine (C=N–C) groups is 1. The van der Waals surface area contributed by atoms with Gasteiger partial charge in [0.05, 0.1) is 5.69 Å². The van der Waals surface area contributed by atoms with Crippen LogP contribution >= 0.6 is 0 Å². The summed E-state index contributed by atoms with van der Waals surface area (Å²) in [5.74, 6) is 0.865. The summed E-state index contributed by atoms with van der Waals surface area (Å²) in [7, 11) is 0. The molecule has 0 radical (unpaired) electrons. The van der Waals surface area contributed by atoms with Crippen molar-refractivity contribution in [1.29, 1.82) is 0 Å². The summed E-state index contributed by atoms with van der Waals surface area (Å²) < 4.78 is 0. The van der Waals surface area contributed by atoms with Crippen LogP contribution < -0.4 is 0 Å². The highest BCUT2D eigenvalue weighted by molar-refractivity contribution is 5.89. The van der Waals surface area contributed by atoms with Gasteiger partial charge >= 0.3 is 0 Å². The molecule has 0 aliphatic carbocycles. The van der Waals surface area contributed by atoms with Crippen molar-refractivity contribution < 1.29 is 0 Å². The van der Waals surface area contributed by atoms with E-state index in [0.29, 0.717) is 17.5 Å². The maximum Gasteiger partial charge on any atom is 0.0699 e. The van der Waals surface area contributed by atoms with Gasteiger partial charge in [-0.1, -0.05) is 70.2 Å². The number of hydrogen-bond acceptors (Lipinski definition) is 1. The Morgan fingerprint density at radius 1 is 0.857 bits per heavy atom. The Balaban J connectivity index is 2.49. The van der Waals surface area contributed by atoms with E-state index >= 15 is 0 Å². The SMILES string of the molecule is CC(C)c1cccc(C(C)C)c1N=Cc1ccccc1[NH-]. The zero-order valence-corrected chi connectivity index (χ0v) is 13.2. The van der Waals surface area contributed by atoms with Crippen LogP contribution in [0.4, 0.5) is 11.4 Å². The summed E-state index contributed by atoms with van der Waals surface area (Å²) in [5, 5.41) is 0. The molecular formula is C19H23N2-. The van der Waals surface area contributed by atoms with Crippen LogP contribution in [0.15, 0.2) is 47.5 Å². The van der Waals surface area contributed by atoms with Crippen LogP contribution in [0.2, 0.25) is 0 Å². The van der Waals surface area contributed by atoms with Gasteiger partial charge in [-0.2, -0.15) is 0 Å². The average Bonchev–Trinajstić information content (AvgIpc) is 2.45. The summed E-state index contributed by atoms with van der Waals surface area (Å²) in [4.78, 5) is 4.73. The highest BCUT2D eigenvalue weighted by atomic mass is 14.7. The van der Waals surface area contributed by atoms with Crippen LogP contribution in [0, 0.1) is 0 Å². The number of nitrogens with one attached hydrogen (secondary N) is 1. The van der Waals surface area contributed by atoms with Crippen molar-refractivity contribution in [2.45, 2.75) is 39.5 Å². The standard InChI is InChI=1S/C19H23N2/c1-13(2)16-9-7-10-17(14(3)4)19(16)21-12-15-8-5-6-11-18(15)20/h5-14,20H,1-4H3/q-1. The molecule has 2 aromatic rings. The second kappa shape index (κ2) is 6.57. The molecule has 2 heteroatoms. The third-order valence-corrected chi connectivity index (χ3v) is 3.64. The van der Waals surface area contributed by atoms with Gasteiger partial charge < -0.3 is 5.73 Å². The number of hydrogen-bond donors (Lipinski definition) is 0. The molecule has 2 aromatic carbocycles. The molecule has 2 nitrogen and oxygen atoms in total. The van der Waals surface area contributed by atoms with Crippen molar-refractivity contribution in [3.63, 3.8) is 0 Å². The maximum atomic E-state index is 7.92. The number of benzene rings is 2. The van der Waals surface area contributed by atoms with E-state index < -0.39 is 0 Å². The molecule has 0 saturated heterocycles. The lowest BCUT2D eigenvalue weighted by Crippen LogP contribution is -1.95. The zero-order chi connectivity index (χ0) is 15.4. The Morgan fingerprint density at radius 3 is 1.95 bits per heavy atom. The fourth-order valence-corrected chi connectivity index (χ4v) is 2.40. The molecular weight excluding hydrogens is 256 g/mol. The highest BCUT2D eigenvalue weighted by Gasteiger charge is 2.12. The predicted molar refractivity (Wildman–Crippen MR) is 92.3 cm³/mol. The van der Waals surface area contributed by atoms with E-state index in [1.54, 1.807) is 6.07 Å². The summed E-state index contributed by atoms with van der Waals surface area (Å²) in [5.41, 5.74) is 12.9. The quantitative estimate of drug-likeness (QED) is 0.583. The molecule has 0 saturated carbocycles. The van der Waals surface area contributed by atoms with Crippen molar-refractivity contribution in [3.8, 4) is 0 Å². The smallest absolute Gasteiger partial charge is 0.0699 e. The van der Waals surface area contributed by atoms with Crippen molar-refractivity contribution in [2.75, 3.05) is 0 Å². The van der Waals surface area contributed by atoms with Gasteiger partial charge in [0.1, 0.15) is 0 Å². The van der Waals surface area contributed by atoms with E-state index in [4.69, 9.17) is 10.7 Å². The van der Waals surface area contributed by atoms with Gasteiger partial charge in [0.25, 0.3) is 0 Å². The van der Waals surface area contributed by atoms with E-state index in [1.807, 2.05) is 24.4 Å². The van der Waals surface area contributed by atoms with Crippen LogP contribution in [0.3, 0.4) is 0 Å². The van der Waals surface area contributed by atoms with E-state index in [-0.39, 0.29) is 0 Å². The van der Waals surface area contributed by atoms with Gasteiger partial charge in [-0.05, 0) is 28.5 Å². The number of para-hydroxylation sites is 1. The number of nitrogens with zero attached hydrogens (tertiary/aromatic N) is 1. The molecule has 0 unspecified atom stereocenters. The second-order valence-corrected chi connectivity index (χ2v) is 5.94. The topological polar surface area (TPSA) is 36.2 Å². The number of rotatable bonds is 4. The summed E-state index contributed by atoms with van der Waals surface area (Å²) >= 11 is 0. The minimum Gasteiger partial charge on any atom is -0.698 e. The first-order valence-corrected chi connectivity index (χ1v) is 7.48. The highest BCUT2D eigenvalue weighted by Crippen LogP contribution is 2.34. The zero-order valence-electron chi connectivity index (χ0n) is 13.2. The Labute approximate surface area is 127 Å². The Morgan fingerprint density at radius 2 is 1.43 bits per heavy atom. The van der Waals surface area contributed by atoms with Gasteiger partial charge in [0, 0.05) is 6.21 Å². The molecule has 0 aliphatic heterocycles. The lowest BCUT2D eigenvalue weighted by Gasteiger charge is -2.16. The fourth-order valence-electron chi connectivity index (χ4n) is 2.40. The molecule has 0 fully saturated rings. The minimum atomic E-state index is 0.432. The monoisotopic (exact) mass is 279 g/mol. The van der Waals surface area contributed by atoms with E-state index in [9.17, 15) is 0 Å². The molecule has 0 amide bonds. The van der Waals surface area contributed by atoms with Crippen LogP contribution in [0.5, 0.6) is 0 Å². The van der Waals surface area contributed by atoms with Crippen LogP contribution in [0.1, 0.15) is 56.2 Å². The van der Waals surface area contributed by atoms with Gasteiger partial charge in [-0.25, -0.2) is 0 Å². The molecule has 21 heavy (non-hydrogen) atoms. The first kappa shape index (κ1) is 15.3. The average molecular weight is 279 g/mol. The molecule has 0 spiro atoms. The van der Waals surface area contributed by atoms with E-state index in [1.165, 1.54) is 11.1 Å². The molecule has 0 bridgehead atoms. The van der Waals surface area contributed by atoms with Crippen LogP contribution in [0.25, 0.3) is 5.73 Å². The second-order valence-electron chi connectivity index (χ2n) is 5.94. The summed E-state index contributed by atoms with van der Waals surface area (Å²) in [6, 6.07) is 13.9. The minimum absolute atomic E-state index is 0.432. The van der Waals surface area contributed by atoms with Gasteiger partial charge in [0.15, 0.2) is 0 Å². The van der Waals surface area contributed by atoms with Gasteiger partial charge in [-0.3, -0.25) is 4.99 Å². The van der Waals surface area contributed by atoms with Crippen molar-refractivity contribution in [1.82, 2.24) is 0 Å². The van der Waals surface area contributed by atoms with Crippen molar-refractivity contribution in [3.05, 3.63) is 64.9 Å². The first-order valence-electron chi connectivity index (χ1n) is 7.48. The molecule has 0 atom stereocenters. The molecule has 1 N–H and O–H groups in total. The first-order chi connectivity index (χ1) is 10.0. The Hall–Kier alpha value is -2.09. The van der Waals surface area contributed by atoms with Crippen molar-refractivity contribution in [2.24, 2.45) is 4.99 Å². The predicted octanol–water partition coefficient (Wildman–Crippen LogP) is 6.37. The third-order valence-electron chi connectivity index (χ3n) is 3.64. The molecule has 0 heterocycles. The summed E-state index contributed by atoms with van der Waals surface area (Å²) in [6.45, 7) is 8.77. The van der Waals surface area contributed by atoms with E-state index in [0.717, 1.165) is 11.3 Å². The van der Waals surface area contributed by atoms with Gasteiger partial charge in [0.2, 0.25) is 0 Å². The van der Waals surface area contributed by atoms with Crippen LogP contribution in [-0.4, -0.2) is 6.21 Å². The largest absolute Gasteiger partial charge is 0.698 e. The molecule has 2 rings (SSSR count).